The lowest BCUT2D eigenvalue weighted by Gasteiger charge is -2.46. The molecule has 0 radical (unpaired) electrons. The maximum atomic E-state index is 13.7. The van der Waals surface area contributed by atoms with Gasteiger partial charge >= 0.3 is 41.5 Å². The number of alkyl halides is 16. The van der Waals surface area contributed by atoms with Crippen LogP contribution >= 0.6 is 0 Å². The molecule has 0 aliphatic heterocycles. The van der Waals surface area contributed by atoms with Crippen molar-refractivity contribution in [2.75, 3.05) is 0 Å². The molecule has 0 aromatic carbocycles. The predicted octanol–water partition coefficient (Wildman–Crippen LogP) is 6.48. The standard InChI is InChI=1S/C10H2F18/c11-2(12)1-4(15,16)7(19,20)5(17,3(13)14)8(21,22)6(18,9(23,24)25)10(26,27)28/h1,3H. The minimum atomic E-state index is -8.71. The van der Waals surface area contributed by atoms with E-state index in [9.17, 15) is 79.0 Å². The van der Waals surface area contributed by atoms with E-state index in [4.69, 9.17) is 0 Å². The third-order valence-corrected chi connectivity index (χ3v) is 3.14. The molecule has 0 nitrogen and oxygen atoms in total. The van der Waals surface area contributed by atoms with Crippen LogP contribution in [0.25, 0.3) is 0 Å². The molecule has 0 aliphatic carbocycles. The second-order valence-electron chi connectivity index (χ2n) is 4.87. The van der Waals surface area contributed by atoms with Crippen molar-refractivity contribution < 1.29 is 79.0 Å². The molecule has 1 unspecified atom stereocenters. The van der Waals surface area contributed by atoms with Crippen molar-refractivity contribution in [2.45, 2.75) is 47.9 Å². The van der Waals surface area contributed by atoms with Gasteiger partial charge in [0.15, 0.2) is 0 Å². The van der Waals surface area contributed by atoms with Crippen LogP contribution < -0.4 is 0 Å². The first-order valence-corrected chi connectivity index (χ1v) is 5.83. The monoisotopic (exact) mass is 464 g/mol. The molecule has 0 spiro atoms. The van der Waals surface area contributed by atoms with E-state index in [1.165, 1.54) is 0 Å². The van der Waals surface area contributed by atoms with Crippen molar-refractivity contribution in [3.8, 4) is 0 Å². The minimum absolute atomic E-state index is 2.50. The van der Waals surface area contributed by atoms with Gasteiger partial charge in [-0.1, -0.05) is 0 Å². The molecule has 0 aliphatic rings. The molecule has 0 bridgehead atoms. The van der Waals surface area contributed by atoms with Gasteiger partial charge in [-0.25, -0.2) is 17.6 Å². The number of hydrogen-bond acceptors (Lipinski definition) is 0. The van der Waals surface area contributed by atoms with Gasteiger partial charge in [0, 0.05) is 0 Å². The van der Waals surface area contributed by atoms with Crippen LogP contribution in [0, 0.1) is 0 Å². The smallest absolute Gasteiger partial charge is 0.223 e. The highest BCUT2D eigenvalue weighted by molar-refractivity contribution is 5.23. The molecule has 0 aromatic rings. The van der Waals surface area contributed by atoms with Gasteiger partial charge in [0.2, 0.25) is 0 Å². The maximum absolute atomic E-state index is 13.7. The average molecular weight is 464 g/mol. The summed E-state index contributed by atoms with van der Waals surface area (Å²) < 4.78 is 228. The first-order chi connectivity index (χ1) is 11.9. The molecule has 0 saturated heterocycles. The van der Waals surface area contributed by atoms with Crippen molar-refractivity contribution in [3.05, 3.63) is 12.2 Å². The molecule has 0 saturated carbocycles. The fourth-order valence-electron chi connectivity index (χ4n) is 1.71. The second kappa shape index (κ2) is 6.77. The van der Waals surface area contributed by atoms with Crippen molar-refractivity contribution >= 4 is 0 Å². The summed E-state index contributed by atoms with van der Waals surface area (Å²) in [7, 11) is 0. The highest BCUT2D eigenvalue weighted by Gasteiger charge is 2.96. The molecule has 18 heteroatoms. The first-order valence-electron chi connectivity index (χ1n) is 5.83. The summed E-state index contributed by atoms with van der Waals surface area (Å²) in [5, 5.41) is 0. The van der Waals surface area contributed by atoms with E-state index < -0.39 is 60.0 Å². The quantitative estimate of drug-likeness (QED) is 0.395. The summed E-state index contributed by atoms with van der Waals surface area (Å²) in [6.45, 7) is 0. The van der Waals surface area contributed by atoms with Crippen LogP contribution in [0.2, 0.25) is 0 Å². The third-order valence-electron chi connectivity index (χ3n) is 3.14. The maximum Gasteiger partial charge on any atom is 0.437 e. The highest BCUT2D eigenvalue weighted by atomic mass is 19.4. The van der Waals surface area contributed by atoms with E-state index in [0.717, 1.165) is 0 Å². The van der Waals surface area contributed by atoms with Gasteiger partial charge in [-0.2, -0.15) is 61.5 Å². The molecule has 0 heterocycles. The fourth-order valence-corrected chi connectivity index (χ4v) is 1.71. The van der Waals surface area contributed by atoms with Gasteiger partial charge in [0.1, 0.15) is 0 Å². The largest absolute Gasteiger partial charge is 0.437 e. The number of rotatable bonds is 6. The molecule has 0 N–H and O–H groups in total. The summed E-state index contributed by atoms with van der Waals surface area (Å²) in [6, 6.07) is 0. The summed E-state index contributed by atoms with van der Waals surface area (Å²) in [6.07, 6.45) is -29.4. The van der Waals surface area contributed by atoms with Crippen LogP contribution in [0.4, 0.5) is 79.0 Å². The molecular weight excluding hydrogens is 462 g/mol. The second-order valence-corrected chi connectivity index (χ2v) is 4.87. The summed E-state index contributed by atoms with van der Waals surface area (Å²) in [5.74, 6) is -24.0. The van der Waals surface area contributed by atoms with E-state index in [0.29, 0.717) is 0 Å². The highest BCUT2D eigenvalue weighted by Crippen LogP contribution is 2.64. The molecule has 1 atom stereocenters. The van der Waals surface area contributed by atoms with Crippen molar-refractivity contribution in [3.63, 3.8) is 0 Å². The van der Waals surface area contributed by atoms with E-state index in [1.807, 2.05) is 0 Å². The number of hydrogen-bond donors (Lipinski definition) is 0. The van der Waals surface area contributed by atoms with Crippen molar-refractivity contribution in [2.24, 2.45) is 0 Å². The fraction of sp³-hybridized carbons (Fsp3) is 0.800. The third kappa shape index (κ3) is 3.35. The Kier molecular flexibility index (Phi) is 6.41. The van der Waals surface area contributed by atoms with Gasteiger partial charge in [-0.15, -0.1) is 0 Å². The lowest BCUT2D eigenvalue weighted by atomic mass is 9.77. The summed E-state index contributed by atoms with van der Waals surface area (Å²) >= 11 is 0. The molecule has 0 rings (SSSR count). The zero-order chi connectivity index (χ0) is 23.4. The van der Waals surface area contributed by atoms with Crippen LogP contribution in [-0.2, 0) is 0 Å². The van der Waals surface area contributed by atoms with Crippen LogP contribution in [-0.4, -0.2) is 47.9 Å². The Bertz CT molecular complexity index is 574. The van der Waals surface area contributed by atoms with E-state index in [1.54, 1.807) is 0 Å². The van der Waals surface area contributed by atoms with Gasteiger partial charge < -0.3 is 0 Å². The van der Waals surface area contributed by atoms with Crippen molar-refractivity contribution in [1.29, 1.82) is 0 Å². The van der Waals surface area contributed by atoms with E-state index in [2.05, 4.69) is 0 Å². The number of allylic oxidation sites excluding steroid dienone is 1. The zero-order valence-corrected chi connectivity index (χ0v) is 12.0. The normalized spacial score (nSPS) is 17.5. The minimum Gasteiger partial charge on any atom is -0.223 e. The molecule has 0 fully saturated rings. The Balaban J connectivity index is 7.25. The molecular formula is C10H2F18. The van der Waals surface area contributed by atoms with Crippen LogP contribution in [0.15, 0.2) is 12.2 Å². The van der Waals surface area contributed by atoms with E-state index >= 15 is 0 Å². The molecule has 0 aromatic heterocycles. The molecule has 0 amide bonds. The van der Waals surface area contributed by atoms with Gasteiger partial charge in [-0.05, 0) is 0 Å². The Hall–Kier alpha value is -1.52. The average Bonchev–Trinajstić information content (AvgIpc) is 2.40. The lowest BCUT2D eigenvalue weighted by Crippen LogP contribution is -2.78. The van der Waals surface area contributed by atoms with E-state index in [-0.39, 0.29) is 0 Å². The zero-order valence-electron chi connectivity index (χ0n) is 12.0. The van der Waals surface area contributed by atoms with Crippen LogP contribution in [0.1, 0.15) is 0 Å². The summed E-state index contributed by atoms with van der Waals surface area (Å²) in [5.41, 5.74) is -16.8. The number of halogens is 18. The van der Waals surface area contributed by atoms with Crippen LogP contribution in [0.5, 0.6) is 0 Å². The first kappa shape index (κ1) is 26.5. The lowest BCUT2D eigenvalue weighted by molar-refractivity contribution is -0.444. The van der Waals surface area contributed by atoms with Crippen molar-refractivity contribution in [1.82, 2.24) is 0 Å². The molecule has 168 valence electrons. The predicted molar refractivity (Wildman–Crippen MR) is 50.9 cm³/mol. The Morgan fingerprint density at radius 3 is 1.11 bits per heavy atom. The Morgan fingerprint density at radius 1 is 0.571 bits per heavy atom. The van der Waals surface area contributed by atoms with Gasteiger partial charge in [0.25, 0.3) is 12.5 Å². The van der Waals surface area contributed by atoms with Crippen LogP contribution in [0.3, 0.4) is 0 Å². The van der Waals surface area contributed by atoms with Gasteiger partial charge in [-0.3, -0.25) is 0 Å². The molecule has 28 heavy (non-hydrogen) atoms. The van der Waals surface area contributed by atoms with Gasteiger partial charge in [0.05, 0.1) is 6.08 Å². The SMILES string of the molecule is FC(F)=CC(F)(F)C(F)(F)C(F)(C(F)F)C(F)(F)C(F)(C(F)(F)F)C(F)(F)F. The topological polar surface area (TPSA) is 0 Å². The Labute approximate surface area is 140 Å². The Morgan fingerprint density at radius 2 is 0.893 bits per heavy atom. The summed E-state index contributed by atoms with van der Waals surface area (Å²) in [4.78, 5) is 0.